The van der Waals surface area contributed by atoms with E-state index in [1.807, 2.05) is 60.7 Å². The van der Waals surface area contributed by atoms with Crippen LogP contribution in [-0.2, 0) is 0 Å². The molecular weight excluding hydrogens is 320 g/mol. The average molecular weight is 351 g/mol. The summed E-state index contributed by atoms with van der Waals surface area (Å²) in [5, 5.41) is 3.36. The van der Waals surface area contributed by atoms with Gasteiger partial charge in [0.15, 0.2) is 0 Å². The van der Waals surface area contributed by atoms with Gasteiger partial charge in [-0.3, -0.25) is 4.90 Å². The first-order chi connectivity index (χ1) is 12.6. The van der Waals surface area contributed by atoms with Crippen molar-refractivity contribution in [2.75, 3.05) is 4.90 Å². The molecule has 1 aliphatic rings. The van der Waals surface area contributed by atoms with Crippen molar-refractivity contribution < 1.29 is 4.79 Å². The molecule has 2 aromatic rings. The monoisotopic (exact) mass is 350 g/mol. The Labute approximate surface area is 157 Å². The van der Waals surface area contributed by atoms with E-state index in [2.05, 4.69) is 26.1 Å². The van der Waals surface area contributed by atoms with Crippen LogP contribution in [-0.4, -0.2) is 12.1 Å². The first-order valence-electron chi connectivity index (χ1n) is 9.77. The van der Waals surface area contributed by atoms with E-state index in [4.69, 9.17) is 0 Å². The molecule has 3 atom stereocenters. The van der Waals surface area contributed by atoms with Gasteiger partial charge in [-0.25, -0.2) is 4.79 Å². The van der Waals surface area contributed by atoms with Crippen LogP contribution in [0.4, 0.5) is 16.2 Å². The van der Waals surface area contributed by atoms with E-state index in [1.165, 1.54) is 12.8 Å². The van der Waals surface area contributed by atoms with Gasteiger partial charge in [0.2, 0.25) is 0 Å². The Hall–Kier alpha value is -2.29. The summed E-state index contributed by atoms with van der Waals surface area (Å²) in [5.41, 5.74) is 1.78. The summed E-state index contributed by atoms with van der Waals surface area (Å²) >= 11 is 0. The summed E-state index contributed by atoms with van der Waals surface area (Å²) in [5.74, 6) is 1.79. The van der Waals surface area contributed by atoms with Gasteiger partial charge >= 0.3 is 6.03 Å². The molecule has 1 saturated carbocycles. The largest absolute Gasteiger partial charge is 0.334 e. The molecule has 1 aliphatic carbocycles. The lowest BCUT2D eigenvalue weighted by Crippen LogP contribution is -2.49. The molecule has 2 amide bonds. The van der Waals surface area contributed by atoms with E-state index >= 15 is 0 Å². The van der Waals surface area contributed by atoms with Gasteiger partial charge in [0.25, 0.3) is 0 Å². The Morgan fingerprint density at radius 3 is 2.00 bits per heavy atom. The second-order valence-corrected chi connectivity index (χ2v) is 7.89. The fourth-order valence-electron chi connectivity index (χ4n) is 4.13. The standard InChI is InChI=1S/C23H30N2O/c1-17(2)21-15-14-18(3)16-22(21)24-23(26)25(19-10-6-4-7-11-19)20-12-8-5-9-13-20/h4-13,17-18,21-22H,14-16H2,1-3H3,(H,24,26). The predicted molar refractivity (Wildman–Crippen MR) is 109 cm³/mol. The van der Waals surface area contributed by atoms with E-state index in [0.29, 0.717) is 17.8 Å². The first kappa shape index (κ1) is 18.5. The van der Waals surface area contributed by atoms with Gasteiger partial charge in [-0.1, -0.05) is 63.6 Å². The molecule has 3 unspecified atom stereocenters. The molecule has 0 aliphatic heterocycles. The van der Waals surface area contributed by atoms with Gasteiger partial charge in [0, 0.05) is 6.04 Å². The van der Waals surface area contributed by atoms with Crippen molar-refractivity contribution in [2.45, 2.75) is 46.1 Å². The number of nitrogens with one attached hydrogen (secondary N) is 1. The van der Waals surface area contributed by atoms with Crippen LogP contribution in [0.1, 0.15) is 40.0 Å². The predicted octanol–water partition coefficient (Wildman–Crippen LogP) is 6.00. The van der Waals surface area contributed by atoms with Crippen LogP contribution in [0, 0.1) is 17.8 Å². The third-order valence-electron chi connectivity index (χ3n) is 5.56. The Kier molecular flexibility index (Phi) is 5.97. The van der Waals surface area contributed by atoms with Crippen molar-refractivity contribution in [3.8, 4) is 0 Å². The van der Waals surface area contributed by atoms with Crippen molar-refractivity contribution in [3.63, 3.8) is 0 Å². The number of carbonyl (C=O) groups excluding carboxylic acids is 1. The lowest BCUT2D eigenvalue weighted by molar-refractivity contribution is 0.171. The van der Waals surface area contributed by atoms with E-state index in [0.717, 1.165) is 17.8 Å². The summed E-state index contributed by atoms with van der Waals surface area (Å²) < 4.78 is 0. The highest BCUT2D eigenvalue weighted by Crippen LogP contribution is 2.34. The van der Waals surface area contributed by atoms with Crippen LogP contribution >= 0.6 is 0 Å². The Morgan fingerprint density at radius 1 is 0.962 bits per heavy atom. The SMILES string of the molecule is CC1CCC(C(C)C)C(NC(=O)N(c2ccccc2)c2ccccc2)C1. The zero-order valence-corrected chi connectivity index (χ0v) is 16.1. The van der Waals surface area contributed by atoms with Gasteiger partial charge in [0.1, 0.15) is 0 Å². The molecule has 1 fully saturated rings. The van der Waals surface area contributed by atoms with Gasteiger partial charge in [-0.05, 0) is 54.9 Å². The molecule has 3 nitrogen and oxygen atoms in total. The molecule has 26 heavy (non-hydrogen) atoms. The minimum atomic E-state index is -0.0350. The fourth-order valence-corrected chi connectivity index (χ4v) is 4.13. The molecule has 0 bridgehead atoms. The fraction of sp³-hybridized carbons (Fsp3) is 0.435. The molecular formula is C23H30N2O. The summed E-state index contributed by atoms with van der Waals surface area (Å²) in [7, 11) is 0. The average Bonchev–Trinajstić information content (AvgIpc) is 2.63. The number of hydrogen-bond donors (Lipinski definition) is 1. The quantitative estimate of drug-likeness (QED) is 0.721. The van der Waals surface area contributed by atoms with Crippen molar-refractivity contribution >= 4 is 17.4 Å². The normalized spacial score (nSPS) is 22.8. The summed E-state index contributed by atoms with van der Waals surface area (Å²) in [6.45, 7) is 6.83. The van der Waals surface area contributed by atoms with Crippen molar-refractivity contribution in [2.24, 2.45) is 17.8 Å². The van der Waals surface area contributed by atoms with Crippen LogP contribution < -0.4 is 10.2 Å². The van der Waals surface area contributed by atoms with Crippen LogP contribution in [0.3, 0.4) is 0 Å². The van der Waals surface area contributed by atoms with Crippen molar-refractivity contribution in [3.05, 3.63) is 60.7 Å². The second-order valence-electron chi connectivity index (χ2n) is 7.89. The molecule has 3 rings (SSSR count). The van der Waals surface area contributed by atoms with Gasteiger partial charge in [-0.15, -0.1) is 0 Å². The zero-order chi connectivity index (χ0) is 18.5. The smallest absolute Gasteiger partial charge is 0.326 e. The van der Waals surface area contributed by atoms with Gasteiger partial charge < -0.3 is 5.32 Å². The van der Waals surface area contributed by atoms with Crippen LogP contribution in [0.2, 0.25) is 0 Å². The maximum atomic E-state index is 13.3. The molecule has 1 N–H and O–H groups in total. The lowest BCUT2D eigenvalue weighted by Gasteiger charge is -2.38. The number of urea groups is 1. The van der Waals surface area contributed by atoms with E-state index in [9.17, 15) is 4.79 Å². The number of anilines is 2. The number of nitrogens with zero attached hydrogens (tertiary/aromatic N) is 1. The van der Waals surface area contributed by atoms with E-state index in [-0.39, 0.29) is 12.1 Å². The maximum absolute atomic E-state index is 13.3. The van der Waals surface area contributed by atoms with Crippen LogP contribution in [0.15, 0.2) is 60.7 Å². The lowest BCUT2D eigenvalue weighted by atomic mass is 9.74. The second kappa shape index (κ2) is 8.39. The molecule has 0 heterocycles. The minimum Gasteiger partial charge on any atom is -0.334 e. The number of para-hydroxylation sites is 2. The molecule has 138 valence electrons. The van der Waals surface area contributed by atoms with Crippen LogP contribution in [0.5, 0.6) is 0 Å². The Bertz CT molecular complexity index is 659. The summed E-state index contributed by atoms with van der Waals surface area (Å²) in [6.07, 6.45) is 3.52. The highest BCUT2D eigenvalue weighted by Gasteiger charge is 2.33. The molecule has 2 aromatic carbocycles. The third kappa shape index (κ3) is 4.27. The van der Waals surface area contributed by atoms with Gasteiger partial charge in [0.05, 0.1) is 11.4 Å². The molecule has 0 aromatic heterocycles. The highest BCUT2D eigenvalue weighted by atomic mass is 16.2. The minimum absolute atomic E-state index is 0.0350. The van der Waals surface area contributed by atoms with E-state index in [1.54, 1.807) is 4.90 Å². The number of rotatable bonds is 4. The van der Waals surface area contributed by atoms with Crippen molar-refractivity contribution in [1.29, 1.82) is 0 Å². The maximum Gasteiger partial charge on any atom is 0.326 e. The molecule has 0 radical (unpaired) electrons. The number of benzene rings is 2. The Balaban J connectivity index is 1.86. The molecule has 0 saturated heterocycles. The summed E-state index contributed by atoms with van der Waals surface area (Å²) in [4.78, 5) is 15.1. The van der Waals surface area contributed by atoms with Gasteiger partial charge in [-0.2, -0.15) is 0 Å². The number of carbonyl (C=O) groups is 1. The molecule has 0 spiro atoms. The molecule has 3 heteroatoms. The summed E-state index contributed by atoms with van der Waals surface area (Å²) in [6, 6.07) is 20.0. The topological polar surface area (TPSA) is 32.3 Å². The Morgan fingerprint density at radius 2 is 1.50 bits per heavy atom. The first-order valence-corrected chi connectivity index (χ1v) is 9.77. The third-order valence-corrected chi connectivity index (χ3v) is 5.56. The zero-order valence-electron chi connectivity index (χ0n) is 16.1. The van der Waals surface area contributed by atoms with Crippen molar-refractivity contribution in [1.82, 2.24) is 5.32 Å². The van der Waals surface area contributed by atoms with Crippen LogP contribution in [0.25, 0.3) is 0 Å². The highest BCUT2D eigenvalue weighted by molar-refractivity contribution is 5.99. The number of amides is 2. The van der Waals surface area contributed by atoms with E-state index < -0.39 is 0 Å². The number of hydrogen-bond acceptors (Lipinski definition) is 1.